The SMILES string of the molecule is C=CCN1C(=O)/C(=C/c2ccc(Cl)cc2Cl)C(=O)NC1=S. The van der Waals surface area contributed by atoms with E-state index in [1.165, 1.54) is 23.1 Å². The number of amides is 2. The van der Waals surface area contributed by atoms with Crippen LogP contribution in [0.5, 0.6) is 0 Å². The van der Waals surface area contributed by atoms with E-state index in [9.17, 15) is 9.59 Å². The number of hydrogen-bond donors (Lipinski definition) is 1. The van der Waals surface area contributed by atoms with Gasteiger partial charge in [0.1, 0.15) is 5.57 Å². The van der Waals surface area contributed by atoms with Gasteiger partial charge in [0.2, 0.25) is 0 Å². The third kappa shape index (κ3) is 3.32. The summed E-state index contributed by atoms with van der Waals surface area (Å²) in [5.41, 5.74) is 0.473. The highest BCUT2D eigenvalue weighted by Crippen LogP contribution is 2.24. The fourth-order valence-corrected chi connectivity index (χ4v) is 2.48. The Morgan fingerprint density at radius 3 is 2.67 bits per heavy atom. The van der Waals surface area contributed by atoms with Gasteiger partial charge in [-0.25, -0.2) is 0 Å². The van der Waals surface area contributed by atoms with Crippen molar-refractivity contribution in [2.75, 3.05) is 6.54 Å². The number of carbonyl (C=O) groups excluding carboxylic acids is 2. The molecule has 1 aromatic carbocycles. The average Bonchev–Trinajstić information content (AvgIpc) is 2.41. The molecule has 1 saturated heterocycles. The minimum absolute atomic E-state index is 0.0466. The second-order valence-corrected chi connectivity index (χ2v) is 5.42. The van der Waals surface area contributed by atoms with Crippen LogP contribution in [0.2, 0.25) is 10.0 Å². The van der Waals surface area contributed by atoms with Gasteiger partial charge < -0.3 is 0 Å². The first-order valence-electron chi connectivity index (χ1n) is 5.89. The Kier molecular flexibility index (Phi) is 4.77. The maximum Gasteiger partial charge on any atom is 0.265 e. The molecule has 0 unspecified atom stereocenters. The molecular formula is C14H10Cl2N2O2S. The first kappa shape index (κ1) is 15.7. The van der Waals surface area contributed by atoms with Crippen molar-refractivity contribution in [1.29, 1.82) is 0 Å². The van der Waals surface area contributed by atoms with Gasteiger partial charge in [-0.15, -0.1) is 6.58 Å². The predicted octanol–water partition coefficient (Wildman–Crippen LogP) is 2.81. The Hall–Kier alpha value is -1.69. The van der Waals surface area contributed by atoms with Crippen LogP contribution in [0.15, 0.2) is 36.4 Å². The molecule has 108 valence electrons. The lowest BCUT2D eigenvalue weighted by molar-refractivity contribution is -0.128. The summed E-state index contributed by atoms with van der Waals surface area (Å²) in [7, 11) is 0. The van der Waals surface area contributed by atoms with Crippen molar-refractivity contribution < 1.29 is 9.59 Å². The number of hydrogen-bond acceptors (Lipinski definition) is 3. The molecule has 1 aromatic rings. The van der Waals surface area contributed by atoms with Crippen LogP contribution in [0.4, 0.5) is 0 Å². The summed E-state index contributed by atoms with van der Waals surface area (Å²) < 4.78 is 0. The molecule has 1 heterocycles. The fraction of sp³-hybridized carbons (Fsp3) is 0.0714. The van der Waals surface area contributed by atoms with Gasteiger partial charge in [-0.1, -0.05) is 35.3 Å². The quantitative estimate of drug-likeness (QED) is 0.398. The lowest BCUT2D eigenvalue weighted by Crippen LogP contribution is -2.53. The summed E-state index contributed by atoms with van der Waals surface area (Å²) in [6.07, 6.45) is 2.93. The molecule has 7 heteroatoms. The zero-order valence-corrected chi connectivity index (χ0v) is 13.1. The summed E-state index contributed by atoms with van der Waals surface area (Å²) in [6.45, 7) is 3.77. The van der Waals surface area contributed by atoms with Crippen molar-refractivity contribution in [3.05, 3.63) is 52.0 Å². The molecule has 0 atom stereocenters. The largest absolute Gasteiger partial charge is 0.298 e. The van der Waals surface area contributed by atoms with Gasteiger partial charge in [-0.05, 0) is 36.0 Å². The van der Waals surface area contributed by atoms with Gasteiger partial charge >= 0.3 is 0 Å². The van der Waals surface area contributed by atoms with Gasteiger partial charge in [-0.2, -0.15) is 0 Å². The van der Waals surface area contributed by atoms with Crippen LogP contribution < -0.4 is 5.32 Å². The number of halogens is 2. The summed E-state index contributed by atoms with van der Waals surface area (Å²) >= 11 is 16.8. The number of carbonyl (C=O) groups is 2. The van der Waals surface area contributed by atoms with Crippen LogP contribution in [0, 0.1) is 0 Å². The highest BCUT2D eigenvalue weighted by atomic mass is 35.5. The Balaban J connectivity index is 2.42. The van der Waals surface area contributed by atoms with E-state index in [0.717, 1.165) is 0 Å². The zero-order chi connectivity index (χ0) is 15.6. The number of rotatable bonds is 3. The molecule has 0 saturated carbocycles. The second-order valence-electron chi connectivity index (χ2n) is 4.19. The smallest absolute Gasteiger partial charge is 0.265 e. The van der Waals surface area contributed by atoms with E-state index in [1.54, 1.807) is 12.1 Å². The Labute approximate surface area is 137 Å². The molecule has 2 amide bonds. The normalized spacial score (nSPS) is 17.1. The molecule has 0 aromatic heterocycles. The number of nitrogens with zero attached hydrogens (tertiary/aromatic N) is 1. The molecule has 1 N–H and O–H groups in total. The highest BCUT2D eigenvalue weighted by Gasteiger charge is 2.32. The molecule has 2 rings (SSSR count). The third-order valence-corrected chi connectivity index (χ3v) is 3.64. The predicted molar refractivity (Wildman–Crippen MR) is 87.1 cm³/mol. The minimum atomic E-state index is -0.559. The van der Waals surface area contributed by atoms with Crippen molar-refractivity contribution in [1.82, 2.24) is 10.2 Å². The monoisotopic (exact) mass is 340 g/mol. The van der Waals surface area contributed by atoms with Gasteiger partial charge in [0, 0.05) is 16.6 Å². The van der Waals surface area contributed by atoms with E-state index in [0.29, 0.717) is 15.6 Å². The molecule has 1 fully saturated rings. The molecule has 0 radical (unpaired) electrons. The lowest BCUT2D eigenvalue weighted by Gasteiger charge is -2.27. The first-order chi connectivity index (χ1) is 9.93. The average molecular weight is 341 g/mol. The lowest BCUT2D eigenvalue weighted by atomic mass is 10.1. The second kappa shape index (κ2) is 6.39. The fourth-order valence-electron chi connectivity index (χ4n) is 1.76. The summed E-state index contributed by atoms with van der Waals surface area (Å²) in [6, 6.07) is 4.78. The molecule has 1 aliphatic heterocycles. The minimum Gasteiger partial charge on any atom is -0.298 e. The summed E-state index contributed by atoms with van der Waals surface area (Å²) in [5.74, 6) is -1.05. The molecule has 0 spiro atoms. The van der Waals surface area contributed by atoms with Crippen LogP contribution >= 0.6 is 35.4 Å². The molecule has 1 aliphatic rings. The van der Waals surface area contributed by atoms with E-state index in [1.807, 2.05) is 0 Å². The van der Waals surface area contributed by atoms with Gasteiger partial charge in [0.15, 0.2) is 5.11 Å². The standard InChI is InChI=1S/C14H10Cl2N2O2S/c1-2-5-18-13(20)10(12(19)17-14(18)21)6-8-3-4-9(15)7-11(8)16/h2-4,6-7H,1,5H2,(H,17,19,21)/b10-6+. The van der Waals surface area contributed by atoms with Crippen molar-refractivity contribution in [3.8, 4) is 0 Å². The zero-order valence-electron chi connectivity index (χ0n) is 10.7. The van der Waals surface area contributed by atoms with E-state index in [4.69, 9.17) is 35.4 Å². The maximum absolute atomic E-state index is 12.3. The van der Waals surface area contributed by atoms with Crippen molar-refractivity contribution >= 4 is 58.4 Å². The van der Waals surface area contributed by atoms with Crippen molar-refractivity contribution in [2.24, 2.45) is 0 Å². The topological polar surface area (TPSA) is 49.4 Å². The van der Waals surface area contributed by atoms with Crippen LogP contribution in [0.25, 0.3) is 6.08 Å². The number of benzene rings is 1. The van der Waals surface area contributed by atoms with Crippen LogP contribution in [-0.2, 0) is 9.59 Å². The van der Waals surface area contributed by atoms with E-state index >= 15 is 0 Å². The van der Waals surface area contributed by atoms with Crippen LogP contribution in [0.3, 0.4) is 0 Å². The summed E-state index contributed by atoms with van der Waals surface area (Å²) in [5, 5.41) is 3.33. The Morgan fingerprint density at radius 2 is 2.05 bits per heavy atom. The van der Waals surface area contributed by atoms with Crippen LogP contribution in [0.1, 0.15) is 5.56 Å². The molecule has 4 nitrogen and oxygen atoms in total. The van der Waals surface area contributed by atoms with E-state index in [2.05, 4.69) is 11.9 Å². The van der Waals surface area contributed by atoms with Crippen molar-refractivity contribution in [2.45, 2.75) is 0 Å². The van der Waals surface area contributed by atoms with Gasteiger partial charge in [0.05, 0.1) is 0 Å². The third-order valence-electron chi connectivity index (χ3n) is 2.76. The Morgan fingerprint density at radius 1 is 1.33 bits per heavy atom. The molecular weight excluding hydrogens is 331 g/mol. The molecule has 0 aliphatic carbocycles. The van der Waals surface area contributed by atoms with Gasteiger partial charge in [-0.3, -0.25) is 19.8 Å². The molecule has 21 heavy (non-hydrogen) atoms. The van der Waals surface area contributed by atoms with Crippen LogP contribution in [-0.4, -0.2) is 28.4 Å². The van der Waals surface area contributed by atoms with E-state index < -0.39 is 11.8 Å². The van der Waals surface area contributed by atoms with Gasteiger partial charge in [0.25, 0.3) is 11.8 Å². The highest BCUT2D eigenvalue weighted by molar-refractivity contribution is 7.80. The first-order valence-corrected chi connectivity index (χ1v) is 7.05. The summed E-state index contributed by atoms with van der Waals surface area (Å²) in [4.78, 5) is 25.5. The number of nitrogens with one attached hydrogen (secondary N) is 1. The maximum atomic E-state index is 12.3. The van der Waals surface area contributed by atoms with Crippen molar-refractivity contribution in [3.63, 3.8) is 0 Å². The Bertz CT molecular complexity index is 686. The number of thiocarbonyl (C=S) groups is 1. The molecule has 0 bridgehead atoms. The van der Waals surface area contributed by atoms with E-state index in [-0.39, 0.29) is 17.2 Å².